The lowest BCUT2D eigenvalue weighted by Crippen LogP contribution is -2.43. The number of ether oxygens (including phenoxy) is 1. The fourth-order valence-corrected chi connectivity index (χ4v) is 5.69. The number of nitrogens with zero attached hydrogens (tertiary/aromatic N) is 1. The molecule has 0 fully saturated rings. The summed E-state index contributed by atoms with van der Waals surface area (Å²) < 4.78 is 20.8. The fourth-order valence-electron chi connectivity index (χ4n) is 3.56. The van der Waals surface area contributed by atoms with Gasteiger partial charge in [0.15, 0.2) is 5.60 Å². The van der Waals surface area contributed by atoms with Crippen molar-refractivity contribution in [2.24, 2.45) is 5.10 Å². The van der Waals surface area contributed by atoms with Crippen LogP contribution >= 0.6 is 45.2 Å². The van der Waals surface area contributed by atoms with Crippen molar-refractivity contribution in [3.63, 3.8) is 0 Å². The minimum Gasteiger partial charge on any atom is -0.487 e. The second-order valence-electron chi connectivity index (χ2n) is 7.87. The number of amides is 1. The first-order valence-electron chi connectivity index (χ1n) is 10.9. The van der Waals surface area contributed by atoms with Crippen LogP contribution in [-0.4, -0.2) is 17.2 Å². The molecule has 0 saturated heterocycles. The van der Waals surface area contributed by atoms with Gasteiger partial charge in [0.1, 0.15) is 18.2 Å². The first-order valence-corrected chi connectivity index (χ1v) is 13.1. The number of aliphatic hydroxyl groups is 1. The monoisotopic (exact) mass is 706 g/mol. The molecule has 0 heterocycles. The Balaban J connectivity index is 1.49. The highest BCUT2D eigenvalue weighted by Gasteiger charge is 2.39. The Kier molecular flexibility index (Phi) is 8.70. The number of hydrogen-bond donors (Lipinski definition) is 2. The molecule has 4 aromatic rings. The maximum absolute atomic E-state index is 13.2. The lowest BCUT2D eigenvalue weighted by molar-refractivity contribution is -0.136. The van der Waals surface area contributed by atoms with Crippen molar-refractivity contribution in [1.29, 1.82) is 0 Å². The highest BCUT2D eigenvalue weighted by molar-refractivity contribution is 14.1. The summed E-state index contributed by atoms with van der Waals surface area (Å²) in [5, 5.41) is 15.6. The quantitative estimate of drug-likeness (QED) is 0.134. The molecule has 0 saturated carbocycles. The predicted molar refractivity (Wildman–Crippen MR) is 154 cm³/mol. The van der Waals surface area contributed by atoms with E-state index >= 15 is 0 Å². The summed E-state index contributed by atoms with van der Waals surface area (Å²) in [6, 6.07) is 27.4. The molecule has 0 bridgehead atoms. The molecule has 0 aliphatic heterocycles. The van der Waals surface area contributed by atoms with E-state index in [9.17, 15) is 14.3 Å². The number of benzene rings is 4. The number of halogens is 3. The van der Waals surface area contributed by atoms with Gasteiger partial charge < -0.3 is 9.84 Å². The third kappa shape index (κ3) is 6.11. The molecular weight excluding hydrogens is 685 g/mol. The zero-order valence-electron chi connectivity index (χ0n) is 18.9. The highest BCUT2D eigenvalue weighted by Crippen LogP contribution is 2.31. The smallest absolute Gasteiger partial charge is 0.281 e. The average molecular weight is 706 g/mol. The second-order valence-corrected chi connectivity index (χ2v) is 10.2. The van der Waals surface area contributed by atoms with Crippen molar-refractivity contribution in [3.8, 4) is 5.75 Å². The zero-order chi connectivity index (χ0) is 25.5. The van der Waals surface area contributed by atoms with Crippen molar-refractivity contribution in [2.75, 3.05) is 0 Å². The number of hydrogen-bond acceptors (Lipinski definition) is 4. The lowest BCUT2D eigenvalue weighted by atomic mass is 9.85. The van der Waals surface area contributed by atoms with E-state index in [1.54, 1.807) is 60.7 Å². The molecule has 0 spiro atoms. The van der Waals surface area contributed by atoms with E-state index in [0.717, 1.165) is 18.3 Å². The van der Waals surface area contributed by atoms with Gasteiger partial charge in [-0.2, -0.15) is 5.10 Å². The van der Waals surface area contributed by atoms with E-state index in [1.807, 2.05) is 24.3 Å². The van der Waals surface area contributed by atoms with Gasteiger partial charge in [0.05, 0.1) is 13.4 Å². The van der Waals surface area contributed by atoms with Crippen LogP contribution in [0.25, 0.3) is 0 Å². The van der Waals surface area contributed by atoms with Gasteiger partial charge in [0.2, 0.25) is 0 Å². The zero-order valence-corrected chi connectivity index (χ0v) is 23.2. The van der Waals surface area contributed by atoms with E-state index in [-0.39, 0.29) is 5.82 Å². The Hall–Kier alpha value is -2.83. The number of nitrogens with one attached hydrogen (secondary N) is 1. The maximum atomic E-state index is 13.2. The number of carbonyl (C=O) groups excluding carboxylic acids is 1. The van der Waals surface area contributed by atoms with E-state index in [0.29, 0.717) is 23.5 Å². The Bertz CT molecular complexity index is 1300. The first-order chi connectivity index (χ1) is 17.4. The summed E-state index contributed by atoms with van der Waals surface area (Å²) >= 11 is 4.35. The van der Waals surface area contributed by atoms with E-state index < -0.39 is 11.5 Å². The highest BCUT2D eigenvalue weighted by atomic mass is 127. The Labute approximate surface area is 235 Å². The van der Waals surface area contributed by atoms with Crippen molar-refractivity contribution >= 4 is 57.3 Å². The summed E-state index contributed by atoms with van der Waals surface area (Å²) in [5.74, 6) is -0.242. The van der Waals surface area contributed by atoms with Crippen molar-refractivity contribution in [3.05, 3.63) is 132 Å². The van der Waals surface area contributed by atoms with Crippen LogP contribution in [0, 0.1) is 13.0 Å². The summed E-state index contributed by atoms with van der Waals surface area (Å²) in [4.78, 5) is 13.2. The van der Waals surface area contributed by atoms with Gasteiger partial charge in [0, 0.05) is 0 Å². The fraction of sp³-hybridized carbons (Fsp3) is 0.0714. The normalized spacial score (nSPS) is 11.4. The van der Waals surface area contributed by atoms with Crippen LogP contribution in [0.2, 0.25) is 0 Å². The van der Waals surface area contributed by atoms with Crippen LogP contribution in [0.3, 0.4) is 0 Å². The molecule has 0 unspecified atom stereocenters. The summed E-state index contributed by atoms with van der Waals surface area (Å²) in [6.07, 6.45) is 1.52. The van der Waals surface area contributed by atoms with Gasteiger partial charge in [-0.25, -0.2) is 9.82 Å². The van der Waals surface area contributed by atoms with Gasteiger partial charge in [0.25, 0.3) is 5.91 Å². The molecule has 0 aliphatic rings. The molecule has 36 heavy (non-hydrogen) atoms. The van der Waals surface area contributed by atoms with E-state index in [2.05, 4.69) is 55.7 Å². The topological polar surface area (TPSA) is 70.9 Å². The SMILES string of the molecule is O=C(N/N=C/c1cc(I)c(OCc2ccc(F)cc2)c(I)c1)C(O)(c1ccccc1)c1ccccc1. The molecule has 1 amide bonds. The third-order valence-corrected chi connectivity index (χ3v) is 7.01. The van der Waals surface area contributed by atoms with Gasteiger partial charge in [-0.3, -0.25) is 4.79 Å². The number of carbonyl (C=O) groups is 1. The van der Waals surface area contributed by atoms with Gasteiger partial charge in [-0.15, -0.1) is 0 Å². The molecule has 0 aromatic heterocycles. The summed E-state index contributed by atoms with van der Waals surface area (Å²) in [5.41, 5.74) is 3.08. The predicted octanol–water partition coefficient (Wildman–Crippen LogP) is 6.00. The molecular formula is C28H21FI2N2O3. The molecule has 182 valence electrons. The number of hydrazone groups is 1. The second kappa shape index (κ2) is 11.9. The maximum Gasteiger partial charge on any atom is 0.281 e. The molecule has 0 radical (unpaired) electrons. The minimum atomic E-state index is -1.90. The molecule has 0 atom stereocenters. The van der Waals surface area contributed by atoms with Crippen LogP contribution in [-0.2, 0) is 17.0 Å². The average Bonchev–Trinajstić information content (AvgIpc) is 2.89. The van der Waals surface area contributed by atoms with E-state index in [1.165, 1.54) is 18.3 Å². The van der Waals surface area contributed by atoms with Gasteiger partial charge in [-0.05, 0) is 91.7 Å². The van der Waals surface area contributed by atoms with Crippen LogP contribution in [0.1, 0.15) is 22.3 Å². The van der Waals surface area contributed by atoms with Crippen LogP contribution in [0.4, 0.5) is 4.39 Å². The molecule has 5 nitrogen and oxygen atoms in total. The van der Waals surface area contributed by atoms with Crippen LogP contribution in [0.15, 0.2) is 102 Å². The van der Waals surface area contributed by atoms with Crippen LogP contribution < -0.4 is 10.2 Å². The Morgan fingerprint density at radius 2 is 1.44 bits per heavy atom. The summed E-state index contributed by atoms with van der Waals surface area (Å²) in [7, 11) is 0. The third-order valence-electron chi connectivity index (χ3n) is 5.41. The largest absolute Gasteiger partial charge is 0.487 e. The first kappa shape index (κ1) is 26.2. The lowest BCUT2D eigenvalue weighted by Gasteiger charge is -2.27. The minimum absolute atomic E-state index is 0.287. The van der Waals surface area contributed by atoms with E-state index in [4.69, 9.17) is 4.74 Å². The van der Waals surface area contributed by atoms with Gasteiger partial charge >= 0.3 is 0 Å². The molecule has 2 N–H and O–H groups in total. The Morgan fingerprint density at radius 1 is 0.917 bits per heavy atom. The number of rotatable bonds is 8. The van der Waals surface area contributed by atoms with Gasteiger partial charge in [-0.1, -0.05) is 72.8 Å². The van der Waals surface area contributed by atoms with Crippen LogP contribution in [0.5, 0.6) is 5.75 Å². The summed E-state index contributed by atoms with van der Waals surface area (Å²) in [6.45, 7) is 0.313. The Morgan fingerprint density at radius 3 is 1.97 bits per heavy atom. The molecule has 8 heteroatoms. The van der Waals surface area contributed by atoms with Crippen molar-refractivity contribution in [1.82, 2.24) is 5.43 Å². The van der Waals surface area contributed by atoms with Crippen molar-refractivity contribution in [2.45, 2.75) is 12.2 Å². The molecule has 0 aliphatic carbocycles. The van der Waals surface area contributed by atoms with Crippen molar-refractivity contribution < 1.29 is 19.0 Å². The molecule has 4 aromatic carbocycles. The molecule has 4 rings (SSSR count). The standard InChI is InChI=1S/C28H21FI2N2O3/c29-23-13-11-19(12-14-23)18-36-26-24(30)15-20(16-25(26)31)17-32-33-27(34)28(35,21-7-3-1-4-8-21)22-9-5-2-6-10-22/h1-17,35H,18H2,(H,33,34)/b32-17+.